The van der Waals surface area contributed by atoms with Crippen molar-refractivity contribution < 1.29 is 24.2 Å². The molecule has 2 atom stereocenters. The highest BCUT2D eigenvalue weighted by Crippen LogP contribution is 2.36. The first kappa shape index (κ1) is 68.1. The van der Waals surface area contributed by atoms with Crippen molar-refractivity contribution in [2.75, 3.05) is 39.3 Å². The fraction of sp³-hybridized carbons (Fsp3) is 0.971. The Morgan fingerprint density at radius 3 is 1.13 bits per heavy atom. The monoisotopic (exact) mass is 1050 g/mol. The van der Waals surface area contributed by atoms with Crippen LogP contribution < -0.4 is 0 Å². The number of carbonyl (C=O) groups excluding carboxylic acids is 2. The number of nitrogens with zero attached hydrogens (tertiary/aromatic N) is 2. The number of hydrogen-bond acceptors (Lipinski definition) is 7. The third kappa shape index (κ3) is 37.4. The Bertz CT molecular complexity index is 1190. The molecule has 0 aromatic carbocycles. The highest BCUT2D eigenvalue weighted by molar-refractivity contribution is 5.69. The van der Waals surface area contributed by atoms with E-state index in [0.29, 0.717) is 12.8 Å². The topological polar surface area (TPSA) is 79.3 Å². The van der Waals surface area contributed by atoms with Crippen molar-refractivity contribution >= 4 is 11.9 Å². The molecule has 3 rings (SSSR count). The third-order valence-electron chi connectivity index (χ3n) is 18.7. The molecule has 442 valence electrons. The molecule has 1 saturated heterocycles. The maximum absolute atomic E-state index is 13.1. The zero-order valence-electron chi connectivity index (χ0n) is 50.9. The fourth-order valence-electron chi connectivity index (χ4n) is 13.6. The lowest BCUT2D eigenvalue weighted by Gasteiger charge is -2.30. The Hall–Kier alpha value is -1.18. The van der Waals surface area contributed by atoms with Gasteiger partial charge >= 0.3 is 11.9 Å². The smallest absolute Gasteiger partial charge is 0.306 e. The quantitative estimate of drug-likeness (QED) is 0.0480. The van der Waals surface area contributed by atoms with Crippen molar-refractivity contribution in [2.24, 2.45) is 23.7 Å². The SMILES string of the molecule is CCCCCCCCC(CCCCC1CCC(CCC)CC1)OC(=O)CCCCCCCN(CCCCCCCC(=O)OC(CCCCCCCC)CCCCC1CCC(CCC)CC1)CCCN1CCC(O)CC1. The highest BCUT2D eigenvalue weighted by atomic mass is 16.5. The number of piperidine rings is 1. The highest BCUT2D eigenvalue weighted by Gasteiger charge is 2.23. The van der Waals surface area contributed by atoms with E-state index in [9.17, 15) is 14.7 Å². The van der Waals surface area contributed by atoms with Gasteiger partial charge in [-0.3, -0.25) is 9.59 Å². The third-order valence-corrected chi connectivity index (χ3v) is 18.7. The summed E-state index contributed by atoms with van der Waals surface area (Å²) in [5.74, 6) is 3.93. The van der Waals surface area contributed by atoms with Crippen LogP contribution in [0.1, 0.15) is 342 Å². The van der Waals surface area contributed by atoms with E-state index in [2.05, 4.69) is 37.5 Å². The molecule has 1 heterocycles. The molecule has 0 radical (unpaired) electrons. The molecule has 3 aliphatic rings. The summed E-state index contributed by atoms with van der Waals surface area (Å²) < 4.78 is 12.5. The van der Waals surface area contributed by atoms with E-state index in [0.717, 1.165) is 127 Å². The minimum Gasteiger partial charge on any atom is -0.462 e. The summed E-state index contributed by atoms with van der Waals surface area (Å²) >= 11 is 0. The normalized spacial score (nSPS) is 20.7. The van der Waals surface area contributed by atoms with Crippen LogP contribution in [0, 0.1) is 23.7 Å². The van der Waals surface area contributed by atoms with Gasteiger partial charge in [0.15, 0.2) is 0 Å². The van der Waals surface area contributed by atoms with E-state index in [1.165, 1.54) is 238 Å². The van der Waals surface area contributed by atoms with E-state index >= 15 is 0 Å². The van der Waals surface area contributed by atoms with Gasteiger partial charge in [0, 0.05) is 25.9 Å². The lowest BCUT2D eigenvalue weighted by Crippen LogP contribution is -2.38. The minimum atomic E-state index is -0.110. The lowest BCUT2D eigenvalue weighted by atomic mass is 9.78. The Balaban J connectivity index is 1.31. The maximum Gasteiger partial charge on any atom is 0.306 e. The first-order valence-corrected chi connectivity index (χ1v) is 34.3. The van der Waals surface area contributed by atoms with E-state index in [1.54, 1.807) is 0 Å². The van der Waals surface area contributed by atoms with Crippen molar-refractivity contribution in [2.45, 2.75) is 361 Å². The number of hydrogen-bond donors (Lipinski definition) is 1. The standard InChI is InChI=1S/C68H130N2O5/c1-5-9-11-13-17-23-38-65(40-29-27-36-62-48-44-60(34-7-3)45-49-62)74-67(72)42-25-19-15-21-31-54-69(56-33-57-70-58-52-64(71)53-59-70)55-32-22-16-20-26-43-68(73)75-66(39-24-18-14-12-10-6-2)41-30-28-37-63-50-46-61(35-8-4)47-51-63/h60-66,71H,5-59H2,1-4H3. The summed E-state index contributed by atoms with van der Waals surface area (Å²) in [7, 11) is 0. The van der Waals surface area contributed by atoms with Gasteiger partial charge in [-0.05, 0) is 146 Å². The molecule has 0 spiro atoms. The minimum absolute atomic E-state index is 0.0488. The molecule has 2 aliphatic carbocycles. The number of aliphatic hydroxyl groups excluding tert-OH is 1. The zero-order chi connectivity index (χ0) is 53.7. The molecular formula is C68H130N2O5. The van der Waals surface area contributed by atoms with Gasteiger partial charge in [-0.1, -0.05) is 233 Å². The van der Waals surface area contributed by atoms with Crippen LogP contribution in [0.5, 0.6) is 0 Å². The molecule has 75 heavy (non-hydrogen) atoms. The van der Waals surface area contributed by atoms with Gasteiger partial charge in [-0.15, -0.1) is 0 Å². The van der Waals surface area contributed by atoms with E-state index in [-0.39, 0.29) is 30.3 Å². The number of esters is 2. The van der Waals surface area contributed by atoms with Crippen molar-refractivity contribution in [1.82, 2.24) is 9.80 Å². The predicted molar refractivity (Wildman–Crippen MR) is 322 cm³/mol. The molecule has 1 N–H and O–H groups in total. The molecule has 0 aromatic rings. The van der Waals surface area contributed by atoms with Crippen molar-refractivity contribution in [3.63, 3.8) is 0 Å². The largest absolute Gasteiger partial charge is 0.462 e. The molecular weight excluding hydrogens is 925 g/mol. The molecule has 1 aliphatic heterocycles. The van der Waals surface area contributed by atoms with Crippen molar-refractivity contribution in [1.29, 1.82) is 0 Å². The van der Waals surface area contributed by atoms with E-state index in [4.69, 9.17) is 9.47 Å². The van der Waals surface area contributed by atoms with Crippen LogP contribution in [-0.2, 0) is 19.1 Å². The lowest BCUT2D eigenvalue weighted by molar-refractivity contribution is -0.151. The second-order valence-electron chi connectivity index (χ2n) is 25.6. The van der Waals surface area contributed by atoms with Gasteiger partial charge in [0.05, 0.1) is 6.10 Å². The van der Waals surface area contributed by atoms with Crippen LogP contribution in [0.3, 0.4) is 0 Å². The number of likely N-dealkylation sites (tertiary alicyclic amines) is 1. The Morgan fingerprint density at radius 2 is 0.733 bits per heavy atom. The van der Waals surface area contributed by atoms with Gasteiger partial charge in [-0.25, -0.2) is 0 Å². The van der Waals surface area contributed by atoms with Crippen molar-refractivity contribution in [3.05, 3.63) is 0 Å². The van der Waals surface area contributed by atoms with Gasteiger partial charge in [-0.2, -0.15) is 0 Å². The molecule has 3 fully saturated rings. The molecule has 7 heteroatoms. The van der Waals surface area contributed by atoms with Crippen LogP contribution in [0.15, 0.2) is 0 Å². The molecule has 0 bridgehead atoms. The number of ether oxygens (including phenoxy) is 2. The first-order chi connectivity index (χ1) is 36.8. The number of unbranched alkanes of at least 4 members (excludes halogenated alkanes) is 20. The fourth-order valence-corrected chi connectivity index (χ4v) is 13.6. The maximum atomic E-state index is 13.1. The number of aliphatic hydroxyl groups is 1. The van der Waals surface area contributed by atoms with Gasteiger partial charge in [0.25, 0.3) is 0 Å². The Labute approximate surface area is 467 Å². The summed E-state index contributed by atoms with van der Waals surface area (Å²) in [5, 5.41) is 10.0. The summed E-state index contributed by atoms with van der Waals surface area (Å²) in [6.45, 7) is 15.9. The first-order valence-electron chi connectivity index (χ1n) is 34.3. The molecule has 0 amide bonds. The van der Waals surface area contributed by atoms with Gasteiger partial charge in [0.2, 0.25) is 0 Å². The van der Waals surface area contributed by atoms with E-state index in [1.807, 2.05) is 0 Å². The second-order valence-corrected chi connectivity index (χ2v) is 25.6. The van der Waals surface area contributed by atoms with Crippen LogP contribution in [0.4, 0.5) is 0 Å². The number of carbonyl (C=O) groups is 2. The van der Waals surface area contributed by atoms with Crippen molar-refractivity contribution in [3.8, 4) is 0 Å². The summed E-state index contributed by atoms with van der Waals surface area (Å²) in [6.07, 6.45) is 60.3. The van der Waals surface area contributed by atoms with Crippen LogP contribution in [-0.4, -0.2) is 84.4 Å². The summed E-state index contributed by atoms with van der Waals surface area (Å²) in [4.78, 5) is 31.6. The molecule has 2 unspecified atom stereocenters. The van der Waals surface area contributed by atoms with Crippen LogP contribution in [0.25, 0.3) is 0 Å². The second kappa shape index (κ2) is 47.6. The molecule has 7 nitrogen and oxygen atoms in total. The molecule has 2 saturated carbocycles. The predicted octanol–water partition coefficient (Wildman–Crippen LogP) is 19.5. The van der Waals surface area contributed by atoms with Gasteiger partial charge < -0.3 is 24.4 Å². The number of rotatable bonds is 50. The average molecular weight is 1060 g/mol. The zero-order valence-corrected chi connectivity index (χ0v) is 50.9. The summed E-state index contributed by atoms with van der Waals surface area (Å²) in [6, 6.07) is 0. The Kier molecular flexibility index (Phi) is 43.2. The van der Waals surface area contributed by atoms with Crippen LogP contribution >= 0.6 is 0 Å². The van der Waals surface area contributed by atoms with E-state index < -0.39 is 0 Å². The molecule has 0 aromatic heterocycles. The summed E-state index contributed by atoms with van der Waals surface area (Å²) in [5.41, 5.74) is 0. The van der Waals surface area contributed by atoms with Gasteiger partial charge in [0.1, 0.15) is 12.2 Å². The average Bonchev–Trinajstić information content (AvgIpc) is 3.41. The van der Waals surface area contributed by atoms with Crippen LogP contribution in [0.2, 0.25) is 0 Å². The Morgan fingerprint density at radius 1 is 0.400 bits per heavy atom.